The van der Waals surface area contributed by atoms with Gasteiger partial charge in [0.2, 0.25) is 5.91 Å². The lowest BCUT2D eigenvalue weighted by Crippen LogP contribution is -2.52. The van der Waals surface area contributed by atoms with Gasteiger partial charge < -0.3 is 15.1 Å². The fourth-order valence-corrected chi connectivity index (χ4v) is 4.20. The number of anilines is 1. The Morgan fingerprint density at radius 2 is 1.40 bits per heavy atom. The van der Waals surface area contributed by atoms with E-state index >= 15 is 0 Å². The van der Waals surface area contributed by atoms with Crippen LogP contribution in [0.1, 0.15) is 19.3 Å². The smallest absolute Gasteiger partial charge is 0.321 e. The van der Waals surface area contributed by atoms with Gasteiger partial charge in [0, 0.05) is 44.8 Å². The lowest BCUT2D eigenvalue weighted by atomic mass is 10.0. The van der Waals surface area contributed by atoms with Gasteiger partial charge in [-0.1, -0.05) is 48.5 Å². The zero-order valence-electron chi connectivity index (χ0n) is 17.4. The largest absolute Gasteiger partial charge is 0.342 e. The second kappa shape index (κ2) is 9.76. The molecule has 2 heterocycles. The minimum absolute atomic E-state index is 0.0830. The second-order valence-corrected chi connectivity index (χ2v) is 8.05. The summed E-state index contributed by atoms with van der Waals surface area (Å²) in [7, 11) is 0. The van der Waals surface area contributed by atoms with E-state index in [1.807, 2.05) is 64.4 Å². The molecule has 0 atom stereocenters. The van der Waals surface area contributed by atoms with Gasteiger partial charge in [0.15, 0.2) is 0 Å². The van der Waals surface area contributed by atoms with Crippen LogP contribution >= 0.6 is 0 Å². The van der Waals surface area contributed by atoms with E-state index in [0.29, 0.717) is 19.6 Å². The van der Waals surface area contributed by atoms with E-state index in [2.05, 4.69) is 10.2 Å². The van der Waals surface area contributed by atoms with Crippen LogP contribution in [0.25, 0.3) is 11.1 Å². The van der Waals surface area contributed by atoms with E-state index in [1.54, 1.807) is 0 Å². The van der Waals surface area contributed by atoms with E-state index in [4.69, 9.17) is 0 Å². The first-order valence-corrected chi connectivity index (χ1v) is 10.9. The molecule has 6 nitrogen and oxygen atoms in total. The zero-order chi connectivity index (χ0) is 20.8. The van der Waals surface area contributed by atoms with Gasteiger partial charge in [0.25, 0.3) is 0 Å². The molecule has 0 unspecified atom stereocenters. The second-order valence-electron chi connectivity index (χ2n) is 8.05. The third-order valence-electron chi connectivity index (χ3n) is 5.98. The van der Waals surface area contributed by atoms with E-state index in [9.17, 15) is 9.59 Å². The molecule has 0 spiro atoms. The molecule has 2 aromatic carbocycles. The van der Waals surface area contributed by atoms with Crippen molar-refractivity contribution in [1.82, 2.24) is 14.7 Å². The number of rotatable bonds is 4. The van der Waals surface area contributed by atoms with Crippen LogP contribution in [-0.2, 0) is 4.79 Å². The Hall–Kier alpha value is -2.86. The Morgan fingerprint density at radius 1 is 0.733 bits per heavy atom. The highest BCUT2D eigenvalue weighted by Crippen LogP contribution is 2.27. The van der Waals surface area contributed by atoms with Crippen molar-refractivity contribution in [3.8, 4) is 11.1 Å². The van der Waals surface area contributed by atoms with Crippen LogP contribution < -0.4 is 5.32 Å². The first kappa shape index (κ1) is 20.4. The van der Waals surface area contributed by atoms with Crippen LogP contribution in [0.3, 0.4) is 0 Å². The molecular weight excluding hydrogens is 376 g/mol. The average Bonchev–Trinajstić information content (AvgIpc) is 2.81. The van der Waals surface area contributed by atoms with Crippen molar-refractivity contribution in [2.75, 3.05) is 51.1 Å². The number of hydrogen-bond donors (Lipinski definition) is 1. The number of carbonyl (C=O) groups excluding carboxylic acids is 2. The van der Waals surface area contributed by atoms with Crippen molar-refractivity contribution in [1.29, 1.82) is 0 Å². The third kappa shape index (κ3) is 5.00. The first-order valence-electron chi connectivity index (χ1n) is 10.9. The number of nitrogens with zero attached hydrogens (tertiary/aromatic N) is 3. The molecule has 2 saturated heterocycles. The molecule has 30 heavy (non-hydrogen) atoms. The highest BCUT2D eigenvalue weighted by atomic mass is 16.2. The lowest BCUT2D eigenvalue weighted by Gasteiger charge is -2.36. The number of likely N-dealkylation sites (tertiary alicyclic amines) is 1. The molecule has 6 heteroatoms. The van der Waals surface area contributed by atoms with E-state index in [0.717, 1.165) is 55.8 Å². The number of piperidine rings is 1. The van der Waals surface area contributed by atoms with Crippen molar-refractivity contribution in [2.24, 2.45) is 0 Å². The minimum atomic E-state index is -0.0830. The van der Waals surface area contributed by atoms with Gasteiger partial charge >= 0.3 is 6.03 Å². The maximum atomic E-state index is 12.8. The van der Waals surface area contributed by atoms with Crippen LogP contribution in [-0.4, -0.2) is 72.5 Å². The molecule has 3 amide bonds. The fraction of sp³-hybridized carbons (Fsp3) is 0.417. The maximum absolute atomic E-state index is 12.8. The standard InChI is InChI=1S/C24H30N4O2/c29-23(27-13-7-2-8-14-27)19-26-15-17-28(18-16-26)24(30)25-22-12-6-5-11-21(22)20-9-3-1-4-10-20/h1,3-6,9-12H,2,7-8,13-19H2,(H,25,30). The van der Waals surface area contributed by atoms with E-state index in [1.165, 1.54) is 6.42 Å². The van der Waals surface area contributed by atoms with E-state index in [-0.39, 0.29) is 11.9 Å². The summed E-state index contributed by atoms with van der Waals surface area (Å²) in [6.45, 7) is 4.97. The molecule has 0 radical (unpaired) electrons. The summed E-state index contributed by atoms with van der Waals surface area (Å²) >= 11 is 0. The van der Waals surface area contributed by atoms with Gasteiger partial charge in [0.05, 0.1) is 12.2 Å². The number of benzene rings is 2. The molecule has 0 bridgehead atoms. The quantitative estimate of drug-likeness (QED) is 0.845. The van der Waals surface area contributed by atoms with Crippen LogP contribution in [0.2, 0.25) is 0 Å². The van der Waals surface area contributed by atoms with Gasteiger partial charge in [-0.15, -0.1) is 0 Å². The van der Waals surface area contributed by atoms with Crippen LogP contribution in [0.4, 0.5) is 10.5 Å². The van der Waals surface area contributed by atoms with Crippen molar-refractivity contribution < 1.29 is 9.59 Å². The monoisotopic (exact) mass is 406 g/mol. The summed E-state index contributed by atoms with van der Waals surface area (Å²) < 4.78 is 0. The van der Waals surface area contributed by atoms with Crippen molar-refractivity contribution in [3.63, 3.8) is 0 Å². The Balaban J connectivity index is 1.31. The minimum Gasteiger partial charge on any atom is -0.342 e. The Labute approximate surface area is 178 Å². The predicted octanol–water partition coefficient (Wildman–Crippen LogP) is 3.52. The number of nitrogens with one attached hydrogen (secondary N) is 1. The normalized spacial score (nSPS) is 17.6. The topological polar surface area (TPSA) is 55.9 Å². The molecule has 0 aliphatic carbocycles. The molecular formula is C24H30N4O2. The molecule has 2 aliphatic rings. The molecule has 0 saturated carbocycles. The van der Waals surface area contributed by atoms with Crippen LogP contribution in [0, 0.1) is 0 Å². The Bertz CT molecular complexity index is 857. The van der Waals surface area contributed by atoms with Crippen molar-refractivity contribution in [2.45, 2.75) is 19.3 Å². The lowest BCUT2D eigenvalue weighted by molar-refractivity contribution is -0.133. The van der Waals surface area contributed by atoms with E-state index < -0.39 is 0 Å². The number of para-hydroxylation sites is 1. The average molecular weight is 407 g/mol. The molecule has 2 fully saturated rings. The van der Waals surface area contributed by atoms with Gasteiger partial charge in [0.1, 0.15) is 0 Å². The highest BCUT2D eigenvalue weighted by Gasteiger charge is 2.25. The SMILES string of the molecule is O=C(CN1CCN(C(=O)Nc2ccccc2-c2ccccc2)CC1)N1CCCCC1. The van der Waals surface area contributed by atoms with Crippen LogP contribution in [0.15, 0.2) is 54.6 Å². The van der Waals surface area contributed by atoms with Gasteiger partial charge in [-0.2, -0.15) is 0 Å². The predicted molar refractivity (Wildman–Crippen MR) is 119 cm³/mol. The summed E-state index contributed by atoms with van der Waals surface area (Å²) in [5.41, 5.74) is 2.91. The summed E-state index contributed by atoms with van der Waals surface area (Å²) in [6.07, 6.45) is 3.46. The van der Waals surface area contributed by atoms with Crippen molar-refractivity contribution >= 4 is 17.6 Å². The zero-order valence-corrected chi connectivity index (χ0v) is 17.4. The molecule has 2 aliphatic heterocycles. The van der Waals surface area contributed by atoms with Crippen molar-refractivity contribution in [3.05, 3.63) is 54.6 Å². The maximum Gasteiger partial charge on any atom is 0.321 e. The summed E-state index contributed by atoms with van der Waals surface area (Å²) in [5, 5.41) is 3.08. The van der Waals surface area contributed by atoms with Gasteiger partial charge in [-0.25, -0.2) is 4.79 Å². The highest BCUT2D eigenvalue weighted by molar-refractivity contribution is 5.94. The number of carbonyl (C=O) groups is 2. The third-order valence-corrected chi connectivity index (χ3v) is 5.98. The summed E-state index contributed by atoms with van der Waals surface area (Å²) in [5.74, 6) is 0.226. The molecule has 2 aromatic rings. The first-order chi connectivity index (χ1) is 14.7. The Kier molecular flexibility index (Phi) is 6.64. The molecule has 1 N–H and O–H groups in total. The number of hydrogen-bond acceptors (Lipinski definition) is 3. The fourth-order valence-electron chi connectivity index (χ4n) is 4.20. The number of urea groups is 1. The Morgan fingerprint density at radius 3 is 2.13 bits per heavy atom. The number of amides is 3. The van der Waals surface area contributed by atoms with Crippen LogP contribution in [0.5, 0.6) is 0 Å². The number of piperazine rings is 1. The molecule has 158 valence electrons. The summed E-state index contributed by atoms with van der Waals surface area (Å²) in [4.78, 5) is 31.3. The molecule has 4 rings (SSSR count). The van der Waals surface area contributed by atoms with Gasteiger partial charge in [-0.05, 0) is 30.9 Å². The summed E-state index contributed by atoms with van der Waals surface area (Å²) in [6, 6.07) is 17.9. The molecule has 0 aromatic heterocycles. The van der Waals surface area contributed by atoms with Gasteiger partial charge in [-0.3, -0.25) is 9.69 Å².